The Hall–Kier alpha value is -1.43. The Morgan fingerprint density at radius 2 is 2.06 bits per heavy atom. The lowest BCUT2D eigenvalue weighted by Crippen LogP contribution is -2.43. The summed E-state index contributed by atoms with van der Waals surface area (Å²) < 4.78 is 31.2. The molecule has 33 heavy (non-hydrogen) atoms. The third kappa shape index (κ3) is 5.63. The van der Waals surface area contributed by atoms with Gasteiger partial charge in [-0.3, -0.25) is 4.79 Å². The number of thioether (sulfide) groups is 1. The molecule has 2 unspecified atom stereocenters. The van der Waals surface area contributed by atoms with Crippen LogP contribution in [0.3, 0.4) is 0 Å². The van der Waals surface area contributed by atoms with Crippen molar-refractivity contribution < 1.29 is 22.8 Å². The SMILES string of the molecule is CSc1ccc(-c2ccc(C3(CC(=O)NOC4CCCCO4)CCNCCS3(=O)=O)s2)cc1. The molecule has 2 atom stereocenters. The monoisotopic (exact) mass is 510 g/mol. The van der Waals surface area contributed by atoms with E-state index in [1.807, 2.05) is 30.5 Å². The van der Waals surface area contributed by atoms with Crippen LogP contribution in [0.2, 0.25) is 0 Å². The zero-order valence-corrected chi connectivity index (χ0v) is 21.1. The Balaban J connectivity index is 1.59. The van der Waals surface area contributed by atoms with E-state index in [4.69, 9.17) is 9.57 Å². The molecule has 0 radical (unpaired) electrons. The smallest absolute Gasteiger partial charge is 0.245 e. The van der Waals surface area contributed by atoms with Crippen molar-refractivity contribution >= 4 is 38.8 Å². The van der Waals surface area contributed by atoms with Crippen LogP contribution >= 0.6 is 23.1 Å². The van der Waals surface area contributed by atoms with E-state index in [0.29, 0.717) is 37.4 Å². The molecule has 1 aromatic heterocycles. The molecule has 1 amide bonds. The van der Waals surface area contributed by atoms with Crippen LogP contribution in [0.5, 0.6) is 0 Å². The summed E-state index contributed by atoms with van der Waals surface area (Å²) >= 11 is 3.12. The van der Waals surface area contributed by atoms with Gasteiger partial charge in [0.25, 0.3) is 0 Å². The molecule has 4 rings (SSSR count). The van der Waals surface area contributed by atoms with Crippen LogP contribution < -0.4 is 10.8 Å². The minimum absolute atomic E-state index is 0.0114. The van der Waals surface area contributed by atoms with E-state index in [1.54, 1.807) is 11.8 Å². The summed E-state index contributed by atoms with van der Waals surface area (Å²) in [6, 6.07) is 12.0. The van der Waals surface area contributed by atoms with E-state index >= 15 is 0 Å². The van der Waals surface area contributed by atoms with Crippen molar-refractivity contribution in [1.29, 1.82) is 0 Å². The molecule has 2 saturated heterocycles. The molecule has 0 aliphatic carbocycles. The number of hydrogen-bond donors (Lipinski definition) is 2. The molecular formula is C23H30N2O5S3. The minimum atomic E-state index is -3.60. The molecule has 2 aliphatic rings. The molecule has 180 valence electrons. The van der Waals surface area contributed by atoms with Crippen LogP contribution in [0.25, 0.3) is 10.4 Å². The van der Waals surface area contributed by atoms with Crippen LogP contribution in [0.1, 0.15) is 37.0 Å². The Labute approximate surface area is 203 Å². The van der Waals surface area contributed by atoms with E-state index in [-0.39, 0.29) is 12.2 Å². The molecule has 1 aromatic carbocycles. The van der Waals surface area contributed by atoms with Crippen LogP contribution in [-0.4, -0.2) is 52.3 Å². The van der Waals surface area contributed by atoms with E-state index in [2.05, 4.69) is 22.9 Å². The van der Waals surface area contributed by atoms with Crippen molar-refractivity contribution in [2.75, 3.05) is 31.7 Å². The number of nitrogens with one attached hydrogen (secondary N) is 2. The highest BCUT2D eigenvalue weighted by atomic mass is 32.2. The largest absolute Gasteiger partial charge is 0.350 e. The zero-order chi connectivity index (χ0) is 23.3. The second kappa shape index (κ2) is 10.9. The number of carbonyl (C=O) groups excluding carboxylic acids is 1. The minimum Gasteiger partial charge on any atom is -0.350 e. The lowest BCUT2D eigenvalue weighted by atomic mass is 9.97. The molecule has 0 spiro atoms. The Bertz CT molecular complexity index is 1050. The number of benzene rings is 1. The van der Waals surface area contributed by atoms with Gasteiger partial charge in [0.15, 0.2) is 16.1 Å². The average Bonchev–Trinajstić information content (AvgIpc) is 3.27. The summed E-state index contributed by atoms with van der Waals surface area (Å²) in [5, 5.41) is 3.18. The first-order valence-corrected chi connectivity index (χ1v) is 14.9. The Kier molecular flexibility index (Phi) is 8.14. The van der Waals surface area contributed by atoms with Crippen molar-refractivity contribution in [1.82, 2.24) is 10.8 Å². The van der Waals surface area contributed by atoms with Crippen LogP contribution in [0.4, 0.5) is 0 Å². The van der Waals surface area contributed by atoms with Gasteiger partial charge in [0.1, 0.15) is 4.75 Å². The third-order valence-electron chi connectivity index (χ3n) is 6.17. The molecule has 7 nitrogen and oxygen atoms in total. The molecule has 0 bridgehead atoms. The predicted molar refractivity (Wildman–Crippen MR) is 132 cm³/mol. The van der Waals surface area contributed by atoms with Gasteiger partial charge in [-0.1, -0.05) is 12.1 Å². The van der Waals surface area contributed by atoms with Gasteiger partial charge in [-0.2, -0.15) is 0 Å². The highest BCUT2D eigenvalue weighted by Gasteiger charge is 2.48. The number of thiophene rings is 1. The van der Waals surface area contributed by atoms with Crippen molar-refractivity contribution in [3.8, 4) is 10.4 Å². The van der Waals surface area contributed by atoms with Gasteiger partial charge < -0.3 is 10.1 Å². The average molecular weight is 511 g/mol. The van der Waals surface area contributed by atoms with Gasteiger partial charge in [-0.15, -0.1) is 23.1 Å². The zero-order valence-electron chi connectivity index (χ0n) is 18.7. The molecule has 2 aliphatic heterocycles. The number of hydrogen-bond acceptors (Lipinski definition) is 8. The van der Waals surface area contributed by atoms with E-state index in [1.165, 1.54) is 16.2 Å². The van der Waals surface area contributed by atoms with Crippen molar-refractivity contribution in [2.45, 2.75) is 48.0 Å². The van der Waals surface area contributed by atoms with Gasteiger partial charge in [0, 0.05) is 34.2 Å². The Morgan fingerprint density at radius 1 is 1.24 bits per heavy atom. The maximum absolute atomic E-state index is 13.5. The predicted octanol–water partition coefficient (Wildman–Crippen LogP) is 3.70. The lowest BCUT2D eigenvalue weighted by Gasteiger charge is -2.31. The summed E-state index contributed by atoms with van der Waals surface area (Å²) in [5.41, 5.74) is 3.49. The first-order valence-electron chi connectivity index (χ1n) is 11.2. The number of hydroxylamine groups is 1. The fraction of sp³-hybridized carbons (Fsp3) is 0.522. The molecule has 3 heterocycles. The van der Waals surface area contributed by atoms with Gasteiger partial charge in [-0.25, -0.2) is 18.7 Å². The standard InChI is InChI=1S/C23H30N2O5S3/c1-31-18-7-5-17(6-8-18)19-9-10-20(32-19)23(11-12-24-13-15-33(23,27)28)16-21(26)25-30-22-4-2-3-14-29-22/h5-10,22,24H,2-4,11-16H2,1H3,(H,25,26). The fourth-order valence-corrected chi connectivity index (χ4v) is 8.24. The van der Waals surface area contributed by atoms with Gasteiger partial charge >= 0.3 is 0 Å². The van der Waals surface area contributed by atoms with Crippen molar-refractivity contribution in [3.63, 3.8) is 0 Å². The van der Waals surface area contributed by atoms with Crippen molar-refractivity contribution in [2.24, 2.45) is 0 Å². The molecule has 2 N–H and O–H groups in total. The number of sulfone groups is 1. The van der Waals surface area contributed by atoms with E-state index < -0.39 is 26.8 Å². The van der Waals surface area contributed by atoms with E-state index in [9.17, 15) is 13.2 Å². The number of carbonyl (C=O) groups is 1. The first-order chi connectivity index (χ1) is 15.9. The highest BCUT2D eigenvalue weighted by molar-refractivity contribution is 7.98. The summed E-state index contributed by atoms with van der Waals surface area (Å²) in [4.78, 5) is 21.2. The topological polar surface area (TPSA) is 93.7 Å². The van der Waals surface area contributed by atoms with Crippen LogP contribution in [-0.2, 0) is 29.0 Å². The molecule has 10 heteroatoms. The number of ether oxygens (including phenoxy) is 1. The second-order valence-corrected chi connectivity index (χ2v) is 12.7. The highest BCUT2D eigenvalue weighted by Crippen LogP contribution is 2.44. The maximum atomic E-state index is 13.5. The molecule has 0 saturated carbocycles. The first kappa shape index (κ1) is 24.7. The summed E-state index contributed by atoms with van der Waals surface area (Å²) in [6.07, 6.45) is 4.34. The third-order valence-corrected chi connectivity index (χ3v) is 10.9. The normalized spacial score (nSPS) is 25.3. The fourth-order valence-electron chi connectivity index (χ4n) is 4.26. The Morgan fingerprint density at radius 3 is 2.79 bits per heavy atom. The quantitative estimate of drug-likeness (QED) is 0.433. The van der Waals surface area contributed by atoms with Crippen molar-refractivity contribution in [3.05, 3.63) is 41.3 Å². The summed E-state index contributed by atoms with van der Waals surface area (Å²) in [7, 11) is -3.60. The van der Waals surface area contributed by atoms with Gasteiger partial charge in [0.05, 0.1) is 12.2 Å². The maximum Gasteiger partial charge on any atom is 0.245 e. The molecule has 2 fully saturated rings. The lowest BCUT2D eigenvalue weighted by molar-refractivity contribution is -0.200. The molecule has 2 aromatic rings. The second-order valence-electron chi connectivity index (χ2n) is 8.32. The summed E-state index contributed by atoms with van der Waals surface area (Å²) in [6.45, 7) is 1.50. The number of rotatable bonds is 7. The van der Waals surface area contributed by atoms with E-state index in [0.717, 1.165) is 23.3 Å². The summed E-state index contributed by atoms with van der Waals surface area (Å²) in [5.74, 6) is -0.461. The van der Waals surface area contributed by atoms with Gasteiger partial charge in [0.2, 0.25) is 5.91 Å². The molecular weight excluding hydrogens is 480 g/mol. The van der Waals surface area contributed by atoms with Crippen LogP contribution in [0.15, 0.2) is 41.3 Å². The van der Waals surface area contributed by atoms with Gasteiger partial charge in [-0.05, 0) is 61.9 Å². The number of amides is 1. The van der Waals surface area contributed by atoms with Crippen LogP contribution in [0, 0.1) is 0 Å².